The molecule has 1 aromatic heterocycles. The van der Waals surface area contributed by atoms with E-state index in [1.165, 1.54) is 13.2 Å². The Hall–Kier alpha value is -2.99. The topological polar surface area (TPSA) is 70.8 Å². The molecule has 0 fully saturated rings. The maximum Gasteiger partial charge on any atom is 0.347 e. The highest BCUT2D eigenvalue weighted by molar-refractivity contribution is 6.31. The van der Waals surface area contributed by atoms with E-state index in [4.69, 9.17) is 30.2 Å². The van der Waals surface area contributed by atoms with Gasteiger partial charge in [-0.1, -0.05) is 11.6 Å². The van der Waals surface area contributed by atoms with Gasteiger partial charge in [-0.05, 0) is 42.0 Å². The van der Waals surface area contributed by atoms with Crippen LogP contribution in [0.1, 0.15) is 11.5 Å². The summed E-state index contributed by atoms with van der Waals surface area (Å²) in [5.74, 6) is 1.72. The van der Waals surface area contributed by atoms with Crippen LogP contribution < -0.4 is 19.8 Å². The monoisotopic (exact) mass is 373 g/mol. The van der Waals surface area contributed by atoms with Crippen molar-refractivity contribution in [3.8, 4) is 17.2 Å². The number of aromatic nitrogens is 1. The fourth-order valence-corrected chi connectivity index (χ4v) is 2.67. The Kier molecular flexibility index (Phi) is 5.14. The molecule has 0 unspecified atom stereocenters. The van der Waals surface area contributed by atoms with Crippen molar-refractivity contribution in [2.45, 2.75) is 0 Å². The Morgan fingerprint density at radius 2 is 1.69 bits per heavy atom. The number of halogens is 1. The van der Waals surface area contributed by atoms with Gasteiger partial charge in [0.1, 0.15) is 0 Å². The summed E-state index contributed by atoms with van der Waals surface area (Å²) < 4.78 is 21.2. The first-order valence-electron chi connectivity index (χ1n) is 7.64. The lowest BCUT2D eigenvalue weighted by Gasteiger charge is -2.12. The summed E-state index contributed by atoms with van der Waals surface area (Å²) in [6.07, 6.45) is 3.33. The number of fused-ring (bicyclic) bond motifs is 1. The lowest BCUT2D eigenvalue weighted by molar-refractivity contribution is 0.324. The fourth-order valence-electron chi connectivity index (χ4n) is 2.50. The van der Waals surface area contributed by atoms with Crippen molar-refractivity contribution >= 4 is 34.7 Å². The van der Waals surface area contributed by atoms with E-state index >= 15 is 0 Å². The van der Waals surface area contributed by atoms with E-state index < -0.39 is 5.63 Å². The van der Waals surface area contributed by atoms with Gasteiger partial charge in [0, 0.05) is 11.1 Å². The summed E-state index contributed by atoms with van der Waals surface area (Å²) in [6, 6.07) is 8.42. The van der Waals surface area contributed by atoms with Crippen LogP contribution in [0.3, 0.4) is 0 Å². The molecular weight excluding hydrogens is 358 g/mol. The van der Waals surface area contributed by atoms with Crippen LogP contribution in [-0.2, 0) is 0 Å². The van der Waals surface area contributed by atoms with E-state index in [9.17, 15) is 4.79 Å². The Labute approximate surface area is 154 Å². The summed E-state index contributed by atoms with van der Waals surface area (Å²) >= 11 is 5.90. The van der Waals surface area contributed by atoms with Crippen LogP contribution in [-0.4, -0.2) is 26.3 Å². The van der Waals surface area contributed by atoms with Crippen LogP contribution >= 0.6 is 11.6 Å². The third-order valence-corrected chi connectivity index (χ3v) is 3.95. The Balaban J connectivity index is 2.01. The minimum atomic E-state index is -0.498. The quantitative estimate of drug-likeness (QED) is 0.672. The molecule has 6 nitrogen and oxygen atoms in total. The first kappa shape index (κ1) is 17.8. The van der Waals surface area contributed by atoms with Gasteiger partial charge in [0.05, 0.1) is 32.2 Å². The number of nitrogens with zero attached hydrogens (tertiary/aromatic N) is 1. The van der Waals surface area contributed by atoms with E-state index in [1.807, 2.05) is 0 Å². The lowest BCUT2D eigenvalue weighted by Crippen LogP contribution is -2.02. The molecule has 0 amide bonds. The number of hydrogen-bond acceptors (Lipinski definition) is 6. The predicted octanol–water partition coefficient (Wildman–Crippen LogP) is 4.04. The molecule has 7 heteroatoms. The van der Waals surface area contributed by atoms with Gasteiger partial charge < -0.3 is 18.6 Å². The third-order valence-electron chi connectivity index (χ3n) is 3.71. The average Bonchev–Trinajstić information content (AvgIpc) is 2.65. The van der Waals surface area contributed by atoms with Crippen LogP contribution in [0.15, 0.2) is 39.5 Å². The Bertz CT molecular complexity index is 1020. The first-order chi connectivity index (χ1) is 12.5. The highest BCUT2D eigenvalue weighted by Gasteiger charge is 2.12. The minimum absolute atomic E-state index is 0.179. The normalized spacial score (nSPS) is 11.1. The molecule has 0 aliphatic heterocycles. The first-order valence-corrected chi connectivity index (χ1v) is 8.02. The zero-order valence-corrected chi connectivity index (χ0v) is 15.2. The molecule has 0 bridgehead atoms. The molecule has 1 heterocycles. The van der Waals surface area contributed by atoms with Crippen molar-refractivity contribution in [2.75, 3.05) is 21.3 Å². The molecule has 3 rings (SSSR count). The number of benzene rings is 2. The van der Waals surface area contributed by atoms with Crippen molar-refractivity contribution < 1.29 is 18.6 Å². The van der Waals surface area contributed by atoms with Gasteiger partial charge in [-0.25, -0.2) is 9.78 Å². The molecule has 2 aromatic carbocycles. The van der Waals surface area contributed by atoms with Crippen molar-refractivity contribution in [3.63, 3.8) is 0 Å². The predicted molar refractivity (Wildman–Crippen MR) is 100 cm³/mol. The lowest BCUT2D eigenvalue weighted by atomic mass is 10.1. The van der Waals surface area contributed by atoms with Crippen LogP contribution in [0.25, 0.3) is 23.1 Å². The number of rotatable bonds is 5. The van der Waals surface area contributed by atoms with E-state index in [0.717, 1.165) is 5.56 Å². The van der Waals surface area contributed by atoms with Gasteiger partial charge in [-0.15, -0.1) is 0 Å². The smallest absolute Gasteiger partial charge is 0.347 e. The van der Waals surface area contributed by atoms with Crippen molar-refractivity contribution in [1.82, 2.24) is 4.98 Å². The van der Waals surface area contributed by atoms with E-state index in [1.54, 1.807) is 50.6 Å². The molecule has 0 aliphatic carbocycles. The molecule has 0 spiro atoms. The number of hydrogen-bond donors (Lipinski definition) is 0. The molecule has 0 N–H and O–H groups in total. The fraction of sp³-hybridized carbons (Fsp3) is 0.158. The molecule has 0 radical (unpaired) electrons. The molecule has 0 atom stereocenters. The second-order valence-electron chi connectivity index (χ2n) is 5.29. The van der Waals surface area contributed by atoms with Gasteiger partial charge in [0.15, 0.2) is 11.5 Å². The Morgan fingerprint density at radius 1 is 1.00 bits per heavy atom. The van der Waals surface area contributed by atoms with Crippen molar-refractivity contribution in [2.24, 2.45) is 0 Å². The SMILES string of the molecule is COc1cc(C=Cc2nc3ccc(Cl)cc3c(=O)o2)cc(OC)c1OC. The van der Waals surface area contributed by atoms with Crippen molar-refractivity contribution in [1.29, 1.82) is 0 Å². The van der Waals surface area contributed by atoms with Crippen LogP contribution in [0.5, 0.6) is 17.2 Å². The maximum absolute atomic E-state index is 12.1. The number of ether oxygens (including phenoxy) is 3. The summed E-state index contributed by atoms with van der Waals surface area (Å²) in [7, 11) is 4.62. The van der Waals surface area contributed by atoms with Gasteiger partial charge in [-0.3, -0.25) is 0 Å². The van der Waals surface area contributed by atoms with E-state index in [-0.39, 0.29) is 5.89 Å². The Morgan fingerprint density at radius 3 is 2.31 bits per heavy atom. The molecule has 0 saturated heterocycles. The standard InChI is InChI=1S/C19H16ClNO5/c1-23-15-8-11(9-16(24-2)18(15)25-3)4-7-17-21-14-6-5-12(20)10-13(14)19(22)26-17/h4-10H,1-3H3. The second kappa shape index (κ2) is 7.49. The zero-order valence-electron chi connectivity index (χ0n) is 14.4. The molecule has 0 saturated carbocycles. The van der Waals surface area contributed by atoms with E-state index in [0.29, 0.717) is 33.2 Å². The molecule has 0 aliphatic rings. The molecular formula is C19H16ClNO5. The summed E-state index contributed by atoms with van der Waals surface area (Å²) in [5.41, 5.74) is 0.775. The highest BCUT2D eigenvalue weighted by Crippen LogP contribution is 2.38. The highest BCUT2D eigenvalue weighted by atomic mass is 35.5. The number of methoxy groups -OCH3 is 3. The average molecular weight is 374 g/mol. The third kappa shape index (κ3) is 3.50. The van der Waals surface area contributed by atoms with Gasteiger partial charge >= 0.3 is 5.63 Å². The summed E-state index contributed by atoms with van der Waals surface area (Å²) in [6.45, 7) is 0. The van der Waals surface area contributed by atoms with Crippen LogP contribution in [0.2, 0.25) is 5.02 Å². The zero-order chi connectivity index (χ0) is 18.7. The molecule has 134 valence electrons. The summed E-state index contributed by atoms with van der Waals surface area (Å²) in [4.78, 5) is 16.4. The molecule has 3 aromatic rings. The summed E-state index contributed by atoms with van der Waals surface area (Å²) in [5, 5.41) is 0.787. The van der Waals surface area contributed by atoms with E-state index in [2.05, 4.69) is 4.98 Å². The maximum atomic E-state index is 12.1. The van der Waals surface area contributed by atoms with Gasteiger partial charge in [0.25, 0.3) is 0 Å². The van der Waals surface area contributed by atoms with Crippen molar-refractivity contribution in [3.05, 3.63) is 57.2 Å². The largest absolute Gasteiger partial charge is 0.493 e. The molecule has 26 heavy (non-hydrogen) atoms. The van der Waals surface area contributed by atoms with Gasteiger partial charge in [-0.2, -0.15) is 0 Å². The van der Waals surface area contributed by atoms with Crippen LogP contribution in [0.4, 0.5) is 0 Å². The second-order valence-corrected chi connectivity index (χ2v) is 5.73. The van der Waals surface area contributed by atoms with Gasteiger partial charge in [0.2, 0.25) is 11.6 Å². The minimum Gasteiger partial charge on any atom is -0.493 e. The van der Waals surface area contributed by atoms with Crippen LogP contribution in [0, 0.1) is 0 Å².